The van der Waals surface area contributed by atoms with E-state index in [1.165, 1.54) is 5.56 Å². The third kappa shape index (κ3) is 3.09. The molecule has 1 atom stereocenters. The van der Waals surface area contributed by atoms with Gasteiger partial charge in [0, 0.05) is 5.56 Å². The summed E-state index contributed by atoms with van der Waals surface area (Å²) >= 11 is 0. The summed E-state index contributed by atoms with van der Waals surface area (Å²) in [5.74, 6) is 0.583. The third-order valence-electron chi connectivity index (χ3n) is 3.07. The average molecular weight is 262 g/mol. The second kappa shape index (κ2) is 5.24. The summed E-state index contributed by atoms with van der Waals surface area (Å²) < 4.78 is 11.0. The predicted octanol–water partition coefficient (Wildman–Crippen LogP) is 3.80. The molecule has 0 radical (unpaired) electrons. The molecule has 19 heavy (non-hydrogen) atoms. The molecular weight excluding hydrogens is 240 g/mol. The molecule has 1 aliphatic rings. The fraction of sp³-hybridized carbons (Fsp3) is 0.562. The zero-order valence-electron chi connectivity index (χ0n) is 12.2. The zero-order valence-corrected chi connectivity index (χ0v) is 12.2. The Kier molecular flexibility index (Phi) is 3.83. The molecule has 1 aromatic carbocycles. The van der Waals surface area contributed by atoms with E-state index < -0.39 is 11.7 Å². The molecule has 0 fully saturated rings. The van der Waals surface area contributed by atoms with Crippen molar-refractivity contribution in [2.24, 2.45) is 0 Å². The third-order valence-corrected chi connectivity index (χ3v) is 3.07. The SMILES string of the molecule is CCCCc1cccc2c1OC2C(=O)OC(C)(C)C. The van der Waals surface area contributed by atoms with Crippen molar-refractivity contribution < 1.29 is 14.3 Å². The first-order valence-corrected chi connectivity index (χ1v) is 6.93. The lowest BCUT2D eigenvalue weighted by Gasteiger charge is -2.33. The van der Waals surface area contributed by atoms with Crippen molar-refractivity contribution in [2.45, 2.75) is 58.7 Å². The number of benzene rings is 1. The summed E-state index contributed by atoms with van der Waals surface area (Å²) in [5.41, 5.74) is 1.68. The molecule has 0 saturated carbocycles. The van der Waals surface area contributed by atoms with E-state index in [0.29, 0.717) is 0 Å². The zero-order chi connectivity index (χ0) is 14.0. The Morgan fingerprint density at radius 1 is 1.37 bits per heavy atom. The van der Waals surface area contributed by atoms with Crippen LogP contribution in [-0.4, -0.2) is 11.6 Å². The lowest BCUT2D eigenvalue weighted by Crippen LogP contribution is -2.34. The Hall–Kier alpha value is -1.51. The lowest BCUT2D eigenvalue weighted by molar-refractivity contribution is -0.166. The van der Waals surface area contributed by atoms with Crippen LogP contribution in [0.2, 0.25) is 0 Å². The van der Waals surface area contributed by atoms with Gasteiger partial charge >= 0.3 is 5.97 Å². The van der Waals surface area contributed by atoms with Crippen LogP contribution in [0.15, 0.2) is 18.2 Å². The van der Waals surface area contributed by atoms with Crippen molar-refractivity contribution in [2.75, 3.05) is 0 Å². The minimum atomic E-state index is -0.546. The Morgan fingerprint density at radius 3 is 2.74 bits per heavy atom. The van der Waals surface area contributed by atoms with Crippen LogP contribution < -0.4 is 4.74 Å². The summed E-state index contributed by atoms with van der Waals surface area (Å²) in [4.78, 5) is 12.0. The molecule has 0 aliphatic carbocycles. The minimum Gasteiger partial charge on any atom is -0.473 e. The van der Waals surface area contributed by atoms with Crippen molar-refractivity contribution in [1.82, 2.24) is 0 Å². The molecule has 1 aliphatic heterocycles. The quantitative estimate of drug-likeness (QED) is 0.774. The van der Waals surface area contributed by atoms with E-state index in [0.717, 1.165) is 30.6 Å². The lowest BCUT2D eigenvalue weighted by atomic mass is 9.96. The summed E-state index contributed by atoms with van der Waals surface area (Å²) in [5, 5.41) is 0. The maximum Gasteiger partial charge on any atom is 0.352 e. The van der Waals surface area contributed by atoms with Crippen molar-refractivity contribution in [1.29, 1.82) is 0 Å². The van der Waals surface area contributed by atoms with Crippen molar-refractivity contribution in [3.05, 3.63) is 29.3 Å². The second-order valence-corrected chi connectivity index (χ2v) is 5.97. The molecule has 3 heteroatoms. The summed E-state index contributed by atoms with van der Waals surface area (Å²) in [6.07, 6.45) is 2.74. The van der Waals surface area contributed by atoms with Crippen LogP contribution >= 0.6 is 0 Å². The smallest absolute Gasteiger partial charge is 0.352 e. The Balaban J connectivity index is 2.09. The number of carbonyl (C=O) groups excluding carboxylic acids is 1. The number of carbonyl (C=O) groups is 1. The molecule has 0 aromatic heterocycles. The molecule has 1 aromatic rings. The fourth-order valence-electron chi connectivity index (χ4n) is 2.17. The average Bonchev–Trinajstić information content (AvgIpc) is 2.25. The molecular formula is C16H22O3. The highest BCUT2D eigenvalue weighted by Crippen LogP contribution is 2.43. The summed E-state index contributed by atoms with van der Waals surface area (Å²) in [6.45, 7) is 7.76. The summed E-state index contributed by atoms with van der Waals surface area (Å²) in [6, 6.07) is 6.01. The molecule has 0 bridgehead atoms. The predicted molar refractivity (Wildman–Crippen MR) is 74.3 cm³/mol. The van der Waals surface area contributed by atoms with E-state index in [-0.39, 0.29) is 5.97 Å². The van der Waals surface area contributed by atoms with Crippen LogP contribution in [0.1, 0.15) is 57.8 Å². The topological polar surface area (TPSA) is 35.5 Å². The Labute approximate surface area is 114 Å². The number of aryl methyl sites for hydroxylation is 1. The number of unbranched alkanes of at least 4 members (excludes halogenated alkanes) is 1. The van der Waals surface area contributed by atoms with Gasteiger partial charge in [0.1, 0.15) is 11.4 Å². The van der Waals surface area contributed by atoms with Crippen LogP contribution in [0.25, 0.3) is 0 Å². The van der Waals surface area contributed by atoms with Gasteiger partial charge in [-0.1, -0.05) is 31.5 Å². The maximum atomic E-state index is 12.0. The van der Waals surface area contributed by atoms with Crippen LogP contribution in [0, 0.1) is 0 Å². The number of hydrogen-bond donors (Lipinski definition) is 0. The number of para-hydroxylation sites is 1. The second-order valence-electron chi connectivity index (χ2n) is 5.97. The van der Waals surface area contributed by atoms with Gasteiger partial charge in [0.2, 0.25) is 6.10 Å². The monoisotopic (exact) mass is 262 g/mol. The molecule has 0 N–H and O–H groups in total. The molecule has 3 nitrogen and oxygen atoms in total. The first-order chi connectivity index (χ1) is 8.92. The van der Waals surface area contributed by atoms with E-state index in [2.05, 4.69) is 13.0 Å². The van der Waals surface area contributed by atoms with Crippen LogP contribution in [0.4, 0.5) is 0 Å². The number of fused-ring (bicyclic) bond motifs is 1. The van der Waals surface area contributed by atoms with Crippen LogP contribution in [0.3, 0.4) is 0 Å². The highest BCUT2D eigenvalue weighted by atomic mass is 16.6. The molecule has 1 unspecified atom stereocenters. The van der Waals surface area contributed by atoms with E-state index in [1.54, 1.807) is 0 Å². The van der Waals surface area contributed by atoms with E-state index in [9.17, 15) is 4.79 Å². The van der Waals surface area contributed by atoms with Gasteiger partial charge in [-0.05, 0) is 39.2 Å². The van der Waals surface area contributed by atoms with E-state index in [1.807, 2.05) is 32.9 Å². The first kappa shape index (κ1) is 13.9. The highest BCUT2D eigenvalue weighted by molar-refractivity contribution is 5.81. The molecule has 0 amide bonds. The summed E-state index contributed by atoms with van der Waals surface area (Å²) in [7, 11) is 0. The first-order valence-electron chi connectivity index (χ1n) is 6.93. The van der Waals surface area contributed by atoms with Crippen LogP contribution in [-0.2, 0) is 16.0 Å². The van der Waals surface area contributed by atoms with Gasteiger partial charge in [0.15, 0.2) is 0 Å². The number of ether oxygens (including phenoxy) is 2. The van der Waals surface area contributed by atoms with E-state index in [4.69, 9.17) is 9.47 Å². The largest absolute Gasteiger partial charge is 0.473 e. The number of hydrogen-bond acceptors (Lipinski definition) is 3. The number of rotatable bonds is 4. The van der Waals surface area contributed by atoms with Gasteiger partial charge < -0.3 is 9.47 Å². The molecule has 1 heterocycles. The van der Waals surface area contributed by atoms with Gasteiger partial charge in [-0.2, -0.15) is 0 Å². The standard InChI is InChI=1S/C16H22O3/c1-5-6-8-11-9-7-10-12-13(11)18-14(12)15(17)19-16(2,3)4/h7,9-10,14H,5-6,8H2,1-4H3. The van der Waals surface area contributed by atoms with Crippen molar-refractivity contribution >= 4 is 5.97 Å². The van der Waals surface area contributed by atoms with Crippen molar-refractivity contribution in [3.63, 3.8) is 0 Å². The molecule has 104 valence electrons. The number of esters is 1. The van der Waals surface area contributed by atoms with Crippen LogP contribution in [0.5, 0.6) is 5.75 Å². The highest BCUT2D eigenvalue weighted by Gasteiger charge is 2.38. The van der Waals surface area contributed by atoms with E-state index >= 15 is 0 Å². The van der Waals surface area contributed by atoms with Gasteiger partial charge in [0.25, 0.3) is 0 Å². The molecule has 0 spiro atoms. The Morgan fingerprint density at radius 2 is 2.11 bits per heavy atom. The Bertz CT molecular complexity index is 471. The minimum absolute atomic E-state index is 0.298. The van der Waals surface area contributed by atoms with Gasteiger partial charge in [-0.15, -0.1) is 0 Å². The fourth-order valence-corrected chi connectivity index (χ4v) is 2.17. The van der Waals surface area contributed by atoms with Crippen molar-refractivity contribution in [3.8, 4) is 5.75 Å². The normalized spacial score (nSPS) is 17.2. The molecule has 0 saturated heterocycles. The van der Waals surface area contributed by atoms with Gasteiger partial charge in [0.05, 0.1) is 0 Å². The maximum absolute atomic E-state index is 12.0. The van der Waals surface area contributed by atoms with Gasteiger partial charge in [-0.3, -0.25) is 0 Å². The molecule has 2 rings (SSSR count). The van der Waals surface area contributed by atoms with Gasteiger partial charge in [-0.25, -0.2) is 4.79 Å².